The normalized spacial score (nSPS) is 20.4. The molecule has 0 bridgehead atoms. The van der Waals surface area contributed by atoms with E-state index in [-0.39, 0.29) is 6.61 Å². The minimum absolute atomic E-state index is 0.106. The molecule has 1 aliphatic heterocycles. The topological polar surface area (TPSA) is 50.7 Å². The van der Waals surface area contributed by atoms with Gasteiger partial charge in [-0.15, -0.1) is 0 Å². The third-order valence-electron chi connectivity index (χ3n) is 2.91. The molecule has 15 heavy (non-hydrogen) atoms. The van der Waals surface area contributed by atoms with Crippen LogP contribution in [0.2, 0.25) is 0 Å². The first-order valence-electron chi connectivity index (χ1n) is 5.74. The van der Waals surface area contributed by atoms with Gasteiger partial charge in [0, 0.05) is 26.3 Å². The molecule has 0 amide bonds. The maximum atomic E-state index is 8.51. The Balaban J connectivity index is 1.98. The fraction of sp³-hybridized carbons (Fsp3) is 1.00. The van der Waals surface area contributed by atoms with Crippen molar-refractivity contribution < 1.29 is 14.6 Å². The number of nitrogens with one attached hydrogen (secondary N) is 1. The molecular formula is C11H23NO3. The Morgan fingerprint density at radius 3 is 2.73 bits per heavy atom. The highest BCUT2D eigenvalue weighted by Crippen LogP contribution is 2.28. The largest absolute Gasteiger partial charge is 0.394 e. The molecule has 1 fully saturated rings. The molecule has 1 rings (SSSR count). The summed E-state index contributed by atoms with van der Waals surface area (Å²) in [7, 11) is 0. The standard InChI is InChI=1S/C11H23NO3/c1-11(2-6-14-7-3-11)10-12-4-8-15-9-5-13/h12-13H,2-10H2,1H3. The van der Waals surface area contributed by atoms with E-state index in [0.717, 1.165) is 39.1 Å². The van der Waals surface area contributed by atoms with E-state index in [0.29, 0.717) is 18.6 Å². The van der Waals surface area contributed by atoms with Crippen molar-refractivity contribution in [1.29, 1.82) is 0 Å². The highest BCUT2D eigenvalue weighted by Gasteiger charge is 2.26. The van der Waals surface area contributed by atoms with Gasteiger partial charge in [0.25, 0.3) is 0 Å². The maximum Gasteiger partial charge on any atom is 0.0698 e. The third kappa shape index (κ3) is 5.47. The van der Waals surface area contributed by atoms with Crippen molar-refractivity contribution in [3.05, 3.63) is 0 Å². The average molecular weight is 217 g/mol. The van der Waals surface area contributed by atoms with E-state index in [1.807, 2.05) is 0 Å². The van der Waals surface area contributed by atoms with Crippen molar-refractivity contribution in [1.82, 2.24) is 5.32 Å². The smallest absolute Gasteiger partial charge is 0.0698 e. The molecule has 1 saturated heterocycles. The molecule has 2 N–H and O–H groups in total. The summed E-state index contributed by atoms with van der Waals surface area (Å²) in [6.07, 6.45) is 2.27. The van der Waals surface area contributed by atoms with Crippen LogP contribution < -0.4 is 5.32 Å². The summed E-state index contributed by atoms with van der Waals surface area (Å²) >= 11 is 0. The Labute approximate surface area is 92.0 Å². The summed E-state index contributed by atoms with van der Waals surface area (Å²) < 4.78 is 10.5. The van der Waals surface area contributed by atoms with Gasteiger partial charge in [-0.1, -0.05) is 6.92 Å². The fourth-order valence-electron chi connectivity index (χ4n) is 1.74. The second-order valence-electron chi connectivity index (χ2n) is 4.44. The van der Waals surface area contributed by atoms with Gasteiger partial charge in [0.05, 0.1) is 19.8 Å². The van der Waals surface area contributed by atoms with Gasteiger partial charge in [0.15, 0.2) is 0 Å². The lowest BCUT2D eigenvalue weighted by Crippen LogP contribution is -2.38. The van der Waals surface area contributed by atoms with Gasteiger partial charge in [-0.05, 0) is 18.3 Å². The molecule has 0 aromatic heterocycles. The lowest BCUT2D eigenvalue weighted by molar-refractivity contribution is 0.0227. The summed E-state index contributed by atoms with van der Waals surface area (Å²) in [5.74, 6) is 0. The van der Waals surface area contributed by atoms with E-state index in [9.17, 15) is 0 Å². The van der Waals surface area contributed by atoms with Crippen LogP contribution in [0.5, 0.6) is 0 Å². The number of hydrogen-bond donors (Lipinski definition) is 2. The van der Waals surface area contributed by atoms with Gasteiger partial charge >= 0.3 is 0 Å². The molecule has 1 aliphatic rings. The van der Waals surface area contributed by atoms with Gasteiger partial charge in [0.2, 0.25) is 0 Å². The van der Waals surface area contributed by atoms with Crippen LogP contribution in [0.3, 0.4) is 0 Å². The van der Waals surface area contributed by atoms with Crippen molar-refractivity contribution in [2.24, 2.45) is 5.41 Å². The van der Waals surface area contributed by atoms with Gasteiger partial charge in [-0.2, -0.15) is 0 Å². The Bertz CT molecular complexity index is 158. The molecule has 0 aromatic rings. The molecule has 0 spiro atoms. The van der Waals surface area contributed by atoms with Crippen LogP contribution in [-0.2, 0) is 9.47 Å². The van der Waals surface area contributed by atoms with E-state index >= 15 is 0 Å². The minimum atomic E-state index is 0.106. The van der Waals surface area contributed by atoms with Crippen molar-refractivity contribution in [3.63, 3.8) is 0 Å². The fourth-order valence-corrected chi connectivity index (χ4v) is 1.74. The van der Waals surface area contributed by atoms with Crippen molar-refractivity contribution in [2.75, 3.05) is 46.1 Å². The van der Waals surface area contributed by atoms with E-state index in [2.05, 4.69) is 12.2 Å². The Morgan fingerprint density at radius 1 is 1.33 bits per heavy atom. The summed E-state index contributed by atoms with van der Waals surface area (Å²) in [5, 5.41) is 11.9. The lowest BCUT2D eigenvalue weighted by atomic mass is 9.82. The number of aliphatic hydroxyl groups is 1. The second kappa shape index (κ2) is 7.17. The molecular weight excluding hydrogens is 194 g/mol. The molecule has 0 aromatic carbocycles. The van der Waals surface area contributed by atoms with E-state index < -0.39 is 0 Å². The van der Waals surface area contributed by atoms with E-state index in [1.165, 1.54) is 0 Å². The Hall–Kier alpha value is -0.160. The predicted octanol–water partition coefficient (Wildman–Crippen LogP) is 0.402. The molecule has 4 nitrogen and oxygen atoms in total. The quantitative estimate of drug-likeness (QED) is 0.606. The molecule has 0 aliphatic carbocycles. The van der Waals surface area contributed by atoms with Crippen LogP contribution in [-0.4, -0.2) is 51.2 Å². The third-order valence-corrected chi connectivity index (χ3v) is 2.91. The lowest BCUT2D eigenvalue weighted by Gasteiger charge is -2.33. The zero-order valence-electron chi connectivity index (χ0n) is 9.63. The van der Waals surface area contributed by atoms with Crippen LogP contribution in [0.25, 0.3) is 0 Å². The first kappa shape index (κ1) is 12.9. The first-order valence-corrected chi connectivity index (χ1v) is 5.74. The van der Waals surface area contributed by atoms with Crippen LogP contribution >= 0.6 is 0 Å². The summed E-state index contributed by atoms with van der Waals surface area (Å²) in [6.45, 7) is 7.18. The zero-order valence-corrected chi connectivity index (χ0v) is 9.63. The summed E-state index contributed by atoms with van der Waals surface area (Å²) in [4.78, 5) is 0. The van der Waals surface area contributed by atoms with Crippen LogP contribution in [0, 0.1) is 5.41 Å². The van der Waals surface area contributed by atoms with Gasteiger partial charge < -0.3 is 19.9 Å². The van der Waals surface area contributed by atoms with Crippen LogP contribution in [0.4, 0.5) is 0 Å². The van der Waals surface area contributed by atoms with Gasteiger partial charge in [0.1, 0.15) is 0 Å². The van der Waals surface area contributed by atoms with E-state index in [1.54, 1.807) is 0 Å². The van der Waals surface area contributed by atoms with Crippen LogP contribution in [0.1, 0.15) is 19.8 Å². The SMILES string of the molecule is CC1(CNCCOCCO)CCOCC1. The molecule has 4 heteroatoms. The van der Waals surface area contributed by atoms with E-state index in [4.69, 9.17) is 14.6 Å². The first-order chi connectivity index (χ1) is 7.27. The number of ether oxygens (including phenoxy) is 2. The Morgan fingerprint density at radius 2 is 2.07 bits per heavy atom. The summed E-state index contributed by atoms with van der Waals surface area (Å²) in [6, 6.07) is 0. The highest BCUT2D eigenvalue weighted by atomic mass is 16.5. The zero-order chi connectivity index (χ0) is 11.0. The molecule has 0 unspecified atom stereocenters. The monoisotopic (exact) mass is 217 g/mol. The van der Waals surface area contributed by atoms with Crippen molar-refractivity contribution in [3.8, 4) is 0 Å². The maximum absolute atomic E-state index is 8.51. The molecule has 90 valence electrons. The summed E-state index contributed by atoms with van der Waals surface area (Å²) in [5.41, 5.74) is 0.384. The Kier molecular flexibility index (Phi) is 6.17. The van der Waals surface area contributed by atoms with Gasteiger partial charge in [-0.25, -0.2) is 0 Å². The molecule has 0 saturated carbocycles. The highest BCUT2D eigenvalue weighted by molar-refractivity contribution is 4.79. The van der Waals surface area contributed by atoms with Crippen LogP contribution in [0.15, 0.2) is 0 Å². The molecule has 1 heterocycles. The van der Waals surface area contributed by atoms with Crippen molar-refractivity contribution in [2.45, 2.75) is 19.8 Å². The number of rotatable bonds is 7. The second-order valence-corrected chi connectivity index (χ2v) is 4.44. The minimum Gasteiger partial charge on any atom is -0.394 e. The molecule has 0 atom stereocenters. The van der Waals surface area contributed by atoms with Gasteiger partial charge in [-0.3, -0.25) is 0 Å². The molecule has 0 radical (unpaired) electrons. The van der Waals surface area contributed by atoms with Crippen molar-refractivity contribution >= 4 is 0 Å². The average Bonchev–Trinajstić information content (AvgIpc) is 2.24. The predicted molar refractivity (Wildman–Crippen MR) is 58.9 cm³/mol. The number of hydrogen-bond acceptors (Lipinski definition) is 4. The number of aliphatic hydroxyl groups excluding tert-OH is 1.